The summed E-state index contributed by atoms with van der Waals surface area (Å²) in [5.41, 5.74) is 7.08. The van der Waals surface area contributed by atoms with Crippen molar-refractivity contribution in [2.45, 2.75) is 38.5 Å². The first-order valence-corrected chi connectivity index (χ1v) is 8.54. The molecule has 1 aromatic carbocycles. The third-order valence-electron chi connectivity index (χ3n) is 3.85. The van der Waals surface area contributed by atoms with Gasteiger partial charge >= 0.3 is 0 Å². The van der Waals surface area contributed by atoms with E-state index in [1.165, 1.54) is 5.56 Å². The predicted molar refractivity (Wildman–Crippen MR) is 101 cm³/mol. The molecular formula is C19H25N5O. The van der Waals surface area contributed by atoms with Crippen molar-refractivity contribution in [1.29, 1.82) is 0 Å². The van der Waals surface area contributed by atoms with Crippen LogP contribution in [-0.4, -0.2) is 16.6 Å². The van der Waals surface area contributed by atoms with Crippen LogP contribution in [0.1, 0.15) is 37.7 Å². The summed E-state index contributed by atoms with van der Waals surface area (Å²) in [5.74, 6) is 5.89. The molecule has 0 saturated heterocycles. The maximum Gasteiger partial charge on any atom is 0.199 e. The molecule has 1 heterocycles. The van der Waals surface area contributed by atoms with Gasteiger partial charge in [0.25, 0.3) is 0 Å². The Kier molecular flexibility index (Phi) is 7.59. The molecule has 2 aromatic rings. The van der Waals surface area contributed by atoms with E-state index in [9.17, 15) is 4.79 Å². The van der Waals surface area contributed by atoms with E-state index in [0.717, 1.165) is 37.2 Å². The van der Waals surface area contributed by atoms with Crippen molar-refractivity contribution in [1.82, 2.24) is 4.98 Å². The van der Waals surface area contributed by atoms with Crippen molar-refractivity contribution in [2.24, 2.45) is 16.7 Å². The van der Waals surface area contributed by atoms with Crippen molar-refractivity contribution in [3.63, 3.8) is 0 Å². The molecule has 0 unspecified atom stereocenters. The van der Waals surface area contributed by atoms with E-state index in [1.807, 2.05) is 6.07 Å². The number of aryl methyl sites for hydroxylation is 1. The highest BCUT2D eigenvalue weighted by Gasteiger charge is 2.09. The minimum absolute atomic E-state index is 0.0857. The van der Waals surface area contributed by atoms with Gasteiger partial charge in [-0.15, -0.1) is 5.10 Å². The summed E-state index contributed by atoms with van der Waals surface area (Å²) in [4.78, 5) is 16.0. The lowest BCUT2D eigenvalue weighted by molar-refractivity contribution is -0.113. The van der Waals surface area contributed by atoms with Crippen LogP contribution in [0.5, 0.6) is 0 Å². The first-order chi connectivity index (χ1) is 12.2. The zero-order chi connectivity index (χ0) is 17.9. The minimum atomic E-state index is -0.186. The van der Waals surface area contributed by atoms with Crippen molar-refractivity contribution >= 4 is 17.4 Å². The van der Waals surface area contributed by atoms with Gasteiger partial charge in [-0.1, -0.05) is 49.2 Å². The number of pyridine rings is 1. The minimum Gasteiger partial charge on any atom is -0.379 e. The van der Waals surface area contributed by atoms with E-state index in [-0.39, 0.29) is 11.6 Å². The highest BCUT2D eigenvalue weighted by molar-refractivity contribution is 6.38. The summed E-state index contributed by atoms with van der Waals surface area (Å²) in [5, 5.41) is 4.92. The number of nitrogens with zero attached hydrogens (tertiary/aromatic N) is 3. The van der Waals surface area contributed by atoms with Gasteiger partial charge in [-0.3, -0.25) is 4.79 Å². The van der Waals surface area contributed by atoms with Crippen LogP contribution in [0.25, 0.3) is 0 Å². The van der Waals surface area contributed by atoms with Crippen LogP contribution in [0.3, 0.4) is 0 Å². The van der Waals surface area contributed by atoms with Gasteiger partial charge in [0.1, 0.15) is 0 Å². The number of benzene rings is 1. The Bertz CT molecular complexity index is 673. The number of hydrazine groups is 1. The molecule has 132 valence electrons. The molecule has 2 rings (SSSR count). The number of carbonyl (C=O) groups excluding carboxylic acids is 1. The van der Waals surface area contributed by atoms with Crippen LogP contribution in [-0.2, 0) is 11.2 Å². The highest BCUT2D eigenvalue weighted by atomic mass is 16.1. The predicted octanol–water partition coefficient (Wildman–Crippen LogP) is 2.80. The molecule has 25 heavy (non-hydrogen) atoms. The molecule has 0 atom stereocenters. The molecule has 6 heteroatoms. The molecule has 0 bridgehead atoms. The number of amidine groups is 1. The maximum absolute atomic E-state index is 12.0. The first-order valence-electron chi connectivity index (χ1n) is 8.54. The molecule has 0 aliphatic heterocycles. The average Bonchev–Trinajstić information content (AvgIpc) is 2.65. The lowest BCUT2D eigenvalue weighted by atomic mass is 10.0. The van der Waals surface area contributed by atoms with Crippen molar-refractivity contribution in [2.75, 3.05) is 5.12 Å². The second kappa shape index (κ2) is 10.2. The monoisotopic (exact) mass is 339 g/mol. The number of carbonyl (C=O) groups is 1. The van der Waals surface area contributed by atoms with Crippen LogP contribution < -0.4 is 16.7 Å². The van der Waals surface area contributed by atoms with Gasteiger partial charge in [-0.25, -0.2) is 10.8 Å². The average molecular weight is 339 g/mol. The molecule has 0 aliphatic rings. The number of anilines is 1. The summed E-state index contributed by atoms with van der Waals surface area (Å²) in [6, 6.07) is 15.7. The van der Waals surface area contributed by atoms with Crippen molar-refractivity contribution in [3.8, 4) is 0 Å². The molecule has 0 saturated carbocycles. The van der Waals surface area contributed by atoms with Crippen LogP contribution in [0, 0.1) is 0 Å². The Labute approximate surface area is 148 Å². The van der Waals surface area contributed by atoms with Gasteiger partial charge in [0.15, 0.2) is 17.4 Å². The molecule has 6 nitrogen and oxygen atoms in total. The second-order valence-corrected chi connectivity index (χ2v) is 5.84. The smallest absolute Gasteiger partial charge is 0.199 e. The van der Waals surface area contributed by atoms with Gasteiger partial charge in [0.2, 0.25) is 0 Å². The van der Waals surface area contributed by atoms with Gasteiger partial charge in [0, 0.05) is 12.6 Å². The first kappa shape index (κ1) is 18.6. The van der Waals surface area contributed by atoms with Crippen LogP contribution in [0.15, 0.2) is 59.8 Å². The summed E-state index contributed by atoms with van der Waals surface area (Å²) in [6.45, 7) is 0. The maximum atomic E-state index is 12.0. The van der Waals surface area contributed by atoms with E-state index in [2.05, 4.69) is 34.4 Å². The quantitative estimate of drug-likeness (QED) is 0.228. The van der Waals surface area contributed by atoms with Gasteiger partial charge in [-0.2, -0.15) is 5.12 Å². The number of rotatable bonds is 10. The summed E-state index contributed by atoms with van der Waals surface area (Å²) in [6.07, 6.45) is 7.07. The number of hydrogen-bond acceptors (Lipinski definition) is 5. The lowest BCUT2D eigenvalue weighted by Gasteiger charge is -2.11. The number of ketones is 1. The van der Waals surface area contributed by atoms with Gasteiger partial charge in [0.05, 0.1) is 0 Å². The fourth-order valence-electron chi connectivity index (χ4n) is 2.45. The van der Waals surface area contributed by atoms with Gasteiger partial charge in [-0.05, 0) is 37.0 Å². The van der Waals surface area contributed by atoms with Crippen molar-refractivity contribution < 1.29 is 4.79 Å². The van der Waals surface area contributed by atoms with E-state index in [0.29, 0.717) is 12.2 Å². The Morgan fingerprint density at radius 1 is 1.00 bits per heavy atom. The fraction of sp³-hybridized carbons (Fsp3) is 0.316. The summed E-state index contributed by atoms with van der Waals surface area (Å²) < 4.78 is 0. The van der Waals surface area contributed by atoms with Crippen LogP contribution in [0.4, 0.5) is 5.82 Å². The molecule has 0 amide bonds. The summed E-state index contributed by atoms with van der Waals surface area (Å²) in [7, 11) is 0. The Morgan fingerprint density at radius 3 is 2.44 bits per heavy atom. The largest absolute Gasteiger partial charge is 0.379 e. The third kappa shape index (κ3) is 6.73. The molecule has 0 fully saturated rings. The molecule has 0 spiro atoms. The molecule has 1 aromatic heterocycles. The van der Waals surface area contributed by atoms with Crippen LogP contribution in [0.2, 0.25) is 0 Å². The topological polar surface area (TPSA) is 97.6 Å². The highest BCUT2D eigenvalue weighted by Crippen LogP contribution is 2.09. The molecule has 0 radical (unpaired) electrons. The lowest BCUT2D eigenvalue weighted by Crippen LogP contribution is -2.33. The Morgan fingerprint density at radius 2 is 1.72 bits per heavy atom. The number of aromatic nitrogens is 1. The number of unbranched alkanes of at least 4 members (excludes halogenated alkanes) is 3. The van der Waals surface area contributed by atoms with E-state index >= 15 is 0 Å². The van der Waals surface area contributed by atoms with E-state index in [4.69, 9.17) is 11.6 Å². The molecule has 4 N–H and O–H groups in total. The number of Topliss-reactive ketones (excluding diaryl/α,β-unsaturated/α-hetero) is 1. The standard InChI is InChI=1S/C19H25N5O/c20-19(23-24(21)18-14-8-9-15-22-18)17(25)13-7-2-1-4-10-16-11-5-3-6-12-16/h3,5-6,8-9,11-12,14-15H,1-2,4,7,10,13,21H2,(H2,20,23). The number of hydrazone groups is 1. The van der Waals surface area contributed by atoms with E-state index in [1.54, 1.807) is 24.4 Å². The SMILES string of the molecule is N/C(=N\N(N)c1ccccn1)C(=O)CCCCCCc1ccccc1. The Balaban J connectivity index is 1.65. The fourth-order valence-corrected chi connectivity index (χ4v) is 2.45. The van der Waals surface area contributed by atoms with E-state index < -0.39 is 0 Å². The second-order valence-electron chi connectivity index (χ2n) is 5.84. The number of hydrogen-bond donors (Lipinski definition) is 2. The zero-order valence-corrected chi connectivity index (χ0v) is 14.3. The summed E-state index contributed by atoms with van der Waals surface area (Å²) >= 11 is 0. The van der Waals surface area contributed by atoms with Gasteiger partial charge < -0.3 is 5.73 Å². The Hall–Kier alpha value is -2.73. The van der Waals surface area contributed by atoms with Crippen molar-refractivity contribution in [3.05, 3.63) is 60.3 Å². The molecular weight excluding hydrogens is 314 g/mol. The third-order valence-corrected chi connectivity index (χ3v) is 3.85. The zero-order valence-electron chi connectivity index (χ0n) is 14.3. The normalized spacial score (nSPS) is 11.3. The molecule has 0 aliphatic carbocycles. The van der Waals surface area contributed by atoms with Crippen LogP contribution >= 0.6 is 0 Å². The number of nitrogens with two attached hydrogens (primary N) is 2.